The van der Waals surface area contributed by atoms with Crippen LogP contribution in [0.3, 0.4) is 0 Å². The molecule has 0 amide bonds. The number of benzene rings is 2. The van der Waals surface area contributed by atoms with Crippen LogP contribution in [0.1, 0.15) is 38.8 Å². The van der Waals surface area contributed by atoms with Crippen molar-refractivity contribution in [3.63, 3.8) is 0 Å². The van der Waals surface area contributed by atoms with Gasteiger partial charge in [0.1, 0.15) is 0 Å². The zero-order valence-electron chi connectivity index (χ0n) is 17.7. The predicted molar refractivity (Wildman–Crippen MR) is 113 cm³/mol. The Balaban J connectivity index is 2.03. The highest BCUT2D eigenvalue weighted by Crippen LogP contribution is 2.60. The molecule has 0 aromatic heterocycles. The lowest BCUT2D eigenvalue weighted by molar-refractivity contribution is -0.384. The third kappa shape index (κ3) is 2.36. The van der Waals surface area contributed by atoms with E-state index in [-0.39, 0.29) is 11.2 Å². The molecule has 1 saturated heterocycles. The second-order valence-electron chi connectivity index (χ2n) is 8.77. The number of nitro benzene ring substituents is 1. The molecule has 7 heteroatoms. The second kappa shape index (κ2) is 6.48. The van der Waals surface area contributed by atoms with Gasteiger partial charge in [-0.15, -0.1) is 5.06 Å². The van der Waals surface area contributed by atoms with Crippen LogP contribution in [-0.4, -0.2) is 39.3 Å². The third-order valence-corrected chi connectivity index (χ3v) is 7.06. The fourth-order valence-electron chi connectivity index (χ4n) is 4.59. The van der Waals surface area contributed by atoms with Gasteiger partial charge in [-0.3, -0.25) is 19.8 Å². The highest BCUT2D eigenvalue weighted by atomic mass is 16.7. The van der Waals surface area contributed by atoms with Crippen molar-refractivity contribution in [2.24, 2.45) is 0 Å². The molecule has 2 heterocycles. The highest BCUT2D eigenvalue weighted by molar-refractivity contribution is 5.90. The SMILES string of the molecule is CN1C2(c3ccc([N+](=O)[O-])cc3)C(C=O)=C(c3ccccc3)ON2C(C)(C)C1(C)C. The van der Waals surface area contributed by atoms with Crippen LogP contribution in [0.4, 0.5) is 5.69 Å². The summed E-state index contributed by atoms with van der Waals surface area (Å²) in [6.45, 7) is 8.36. The lowest BCUT2D eigenvalue weighted by Gasteiger charge is -2.41. The van der Waals surface area contributed by atoms with Gasteiger partial charge in [0.2, 0.25) is 0 Å². The van der Waals surface area contributed by atoms with E-state index in [0.29, 0.717) is 11.3 Å². The summed E-state index contributed by atoms with van der Waals surface area (Å²) in [7, 11) is 1.96. The summed E-state index contributed by atoms with van der Waals surface area (Å²) in [4.78, 5) is 31.9. The van der Waals surface area contributed by atoms with Crippen molar-refractivity contribution in [1.82, 2.24) is 9.96 Å². The Bertz CT molecular complexity index is 1040. The number of hydroxylamine groups is 2. The third-order valence-electron chi connectivity index (χ3n) is 7.06. The van der Waals surface area contributed by atoms with Gasteiger partial charge in [-0.1, -0.05) is 30.3 Å². The normalized spacial score (nSPS) is 25.1. The Labute approximate surface area is 175 Å². The van der Waals surface area contributed by atoms with Gasteiger partial charge in [0, 0.05) is 23.2 Å². The molecule has 156 valence electrons. The second-order valence-corrected chi connectivity index (χ2v) is 8.77. The fraction of sp³-hybridized carbons (Fsp3) is 0.348. The van der Waals surface area contributed by atoms with Crippen molar-refractivity contribution in [3.05, 3.63) is 81.4 Å². The Kier molecular flexibility index (Phi) is 4.38. The molecule has 1 fully saturated rings. The highest BCUT2D eigenvalue weighted by Gasteiger charge is 2.71. The van der Waals surface area contributed by atoms with Gasteiger partial charge in [-0.25, -0.2) is 0 Å². The van der Waals surface area contributed by atoms with Crippen molar-refractivity contribution < 1.29 is 14.6 Å². The lowest BCUT2D eigenvalue weighted by atomic mass is 9.83. The van der Waals surface area contributed by atoms with Crippen molar-refractivity contribution >= 4 is 17.7 Å². The van der Waals surface area contributed by atoms with Crippen LogP contribution in [0.5, 0.6) is 0 Å². The topological polar surface area (TPSA) is 75.9 Å². The van der Waals surface area contributed by atoms with Crippen LogP contribution < -0.4 is 0 Å². The molecule has 0 aliphatic carbocycles. The predicted octanol–water partition coefficient (Wildman–Crippen LogP) is 4.11. The van der Waals surface area contributed by atoms with Crippen molar-refractivity contribution in [3.8, 4) is 0 Å². The smallest absolute Gasteiger partial charge is 0.269 e. The molecule has 4 rings (SSSR count). The van der Waals surface area contributed by atoms with Gasteiger partial charge in [-0.2, -0.15) is 0 Å². The van der Waals surface area contributed by atoms with Crippen molar-refractivity contribution in [1.29, 1.82) is 0 Å². The molecule has 30 heavy (non-hydrogen) atoms. The number of non-ortho nitro benzene ring substituents is 1. The first kappa shape index (κ1) is 20.3. The van der Waals surface area contributed by atoms with Gasteiger partial charge in [-0.05, 0) is 52.4 Å². The van der Waals surface area contributed by atoms with Gasteiger partial charge < -0.3 is 4.84 Å². The molecule has 2 aliphatic rings. The van der Waals surface area contributed by atoms with Crippen LogP contribution in [0.15, 0.2) is 60.2 Å². The largest absolute Gasteiger partial charge is 0.402 e. The number of rotatable bonds is 4. The van der Waals surface area contributed by atoms with Gasteiger partial charge in [0.15, 0.2) is 17.7 Å². The Hall–Kier alpha value is -3.03. The molecule has 0 radical (unpaired) electrons. The first-order chi connectivity index (χ1) is 14.1. The lowest BCUT2D eigenvalue weighted by Crippen LogP contribution is -2.53. The van der Waals surface area contributed by atoms with Crippen LogP contribution in [0.2, 0.25) is 0 Å². The number of likely N-dealkylation sites (N-methyl/N-ethyl adjacent to an activating group) is 1. The van der Waals surface area contributed by atoms with E-state index in [0.717, 1.165) is 17.4 Å². The summed E-state index contributed by atoms with van der Waals surface area (Å²) in [6, 6.07) is 15.9. The molecule has 0 spiro atoms. The maximum absolute atomic E-state index is 12.6. The van der Waals surface area contributed by atoms with Gasteiger partial charge in [0.05, 0.1) is 16.0 Å². The number of carbonyl (C=O) groups is 1. The molecule has 0 bridgehead atoms. The molecule has 2 aromatic carbocycles. The number of nitrogens with zero attached hydrogens (tertiary/aromatic N) is 3. The minimum Gasteiger partial charge on any atom is -0.402 e. The van der Waals surface area contributed by atoms with Crippen LogP contribution >= 0.6 is 0 Å². The summed E-state index contributed by atoms with van der Waals surface area (Å²) >= 11 is 0. The van der Waals surface area contributed by atoms with Gasteiger partial charge >= 0.3 is 0 Å². The average molecular weight is 407 g/mol. The molecule has 0 saturated carbocycles. The van der Waals surface area contributed by atoms with E-state index in [4.69, 9.17) is 4.84 Å². The molecule has 1 atom stereocenters. The zero-order valence-corrected chi connectivity index (χ0v) is 17.7. The minimum absolute atomic E-state index is 0.000277. The van der Waals surface area contributed by atoms with E-state index in [1.165, 1.54) is 12.1 Å². The van der Waals surface area contributed by atoms with Crippen LogP contribution in [0, 0.1) is 10.1 Å². The first-order valence-electron chi connectivity index (χ1n) is 9.82. The number of aldehydes is 1. The monoisotopic (exact) mass is 407 g/mol. The molecule has 2 aromatic rings. The summed E-state index contributed by atoms with van der Waals surface area (Å²) in [6.07, 6.45) is 0.845. The van der Waals surface area contributed by atoms with E-state index >= 15 is 0 Å². The van der Waals surface area contributed by atoms with Crippen molar-refractivity contribution in [2.45, 2.75) is 44.4 Å². The van der Waals surface area contributed by atoms with E-state index in [1.807, 2.05) is 42.4 Å². The Morgan fingerprint density at radius 3 is 2.10 bits per heavy atom. The zero-order chi connectivity index (χ0) is 21.9. The number of nitro groups is 1. The van der Waals surface area contributed by atoms with E-state index in [1.54, 1.807) is 12.1 Å². The summed E-state index contributed by atoms with van der Waals surface area (Å²) in [5.41, 5.74) is 0.122. The van der Waals surface area contributed by atoms with Crippen LogP contribution in [-0.2, 0) is 15.3 Å². The van der Waals surface area contributed by atoms with Gasteiger partial charge in [0.25, 0.3) is 5.69 Å². The standard InChI is InChI=1S/C23H25N3O4/c1-21(2)22(3,4)26-23(24(21)5,17-11-13-18(14-12-17)25(28)29)19(15-27)20(30-26)16-9-7-6-8-10-16/h6-15H,1-5H3. The average Bonchev–Trinajstić information content (AvgIpc) is 3.14. The molecule has 2 aliphatic heterocycles. The number of fused-ring (bicyclic) bond motifs is 1. The number of hydrogen-bond donors (Lipinski definition) is 0. The Morgan fingerprint density at radius 1 is 0.967 bits per heavy atom. The Morgan fingerprint density at radius 2 is 1.57 bits per heavy atom. The summed E-state index contributed by atoms with van der Waals surface area (Å²) in [5, 5.41) is 13.1. The summed E-state index contributed by atoms with van der Waals surface area (Å²) in [5.74, 6) is 0.499. The van der Waals surface area contributed by atoms with E-state index in [9.17, 15) is 14.9 Å². The molecule has 0 N–H and O–H groups in total. The molecular weight excluding hydrogens is 382 g/mol. The summed E-state index contributed by atoms with van der Waals surface area (Å²) < 4.78 is 0. The van der Waals surface area contributed by atoms with E-state index in [2.05, 4.69) is 32.6 Å². The first-order valence-corrected chi connectivity index (χ1v) is 9.82. The maximum atomic E-state index is 12.6. The molecule has 1 unspecified atom stereocenters. The van der Waals surface area contributed by atoms with E-state index < -0.39 is 16.1 Å². The minimum atomic E-state index is -1.02. The molecule has 7 nitrogen and oxygen atoms in total. The number of hydrogen-bond acceptors (Lipinski definition) is 6. The molecular formula is C23H25N3O4. The maximum Gasteiger partial charge on any atom is 0.269 e. The number of carbonyl (C=O) groups excluding carboxylic acids is 1. The van der Waals surface area contributed by atoms with Crippen molar-refractivity contribution in [2.75, 3.05) is 7.05 Å². The quantitative estimate of drug-likeness (QED) is 0.431. The van der Waals surface area contributed by atoms with Crippen LogP contribution in [0.25, 0.3) is 5.76 Å². The fourth-order valence-corrected chi connectivity index (χ4v) is 4.59.